The van der Waals surface area contributed by atoms with Crippen molar-refractivity contribution in [3.8, 4) is 0 Å². The van der Waals surface area contributed by atoms with Crippen LogP contribution in [-0.2, 0) is 4.79 Å². The fraction of sp³-hybridized carbons (Fsp3) is 0.500. The molecule has 80 valence electrons. The van der Waals surface area contributed by atoms with Crippen molar-refractivity contribution in [2.45, 2.75) is 31.8 Å². The van der Waals surface area contributed by atoms with Crippen LogP contribution in [0.25, 0.3) is 0 Å². The van der Waals surface area contributed by atoms with E-state index in [4.69, 9.17) is 5.11 Å². The summed E-state index contributed by atoms with van der Waals surface area (Å²) in [6.07, 6.45) is 3.66. The third-order valence-corrected chi connectivity index (χ3v) is 2.54. The summed E-state index contributed by atoms with van der Waals surface area (Å²) in [6.45, 7) is 1.68. The largest absolute Gasteiger partial charge is 0.480 e. The molecule has 1 saturated carbocycles. The summed E-state index contributed by atoms with van der Waals surface area (Å²) in [5.41, 5.74) is 0. The highest BCUT2D eigenvalue weighted by Gasteiger charge is 2.36. The third-order valence-electron chi connectivity index (χ3n) is 2.54. The molecule has 1 fully saturated rings. The van der Waals surface area contributed by atoms with Gasteiger partial charge in [-0.25, -0.2) is 4.79 Å². The first kappa shape index (κ1) is 9.89. The van der Waals surface area contributed by atoms with Gasteiger partial charge in [-0.1, -0.05) is 0 Å². The molecule has 1 aromatic rings. The van der Waals surface area contributed by atoms with E-state index in [1.54, 1.807) is 25.3 Å². The van der Waals surface area contributed by atoms with Gasteiger partial charge < -0.3 is 10.0 Å². The lowest BCUT2D eigenvalue weighted by Crippen LogP contribution is -2.41. The molecule has 0 radical (unpaired) electrons. The number of hydrogen-bond donors (Lipinski definition) is 1. The molecule has 5 heteroatoms. The summed E-state index contributed by atoms with van der Waals surface area (Å²) in [4.78, 5) is 12.8. The van der Waals surface area contributed by atoms with E-state index < -0.39 is 12.0 Å². The molecule has 0 aliphatic heterocycles. The van der Waals surface area contributed by atoms with Gasteiger partial charge in [0.25, 0.3) is 0 Å². The number of rotatable bonds is 4. The number of nitrogens with zero attached hydrogens (tertiary/aromatic N) is 3. The van der Waals surface area contributed by atoms with Crippen LogP contribution < -0.4 is 4.90 Å². The summed E-state index contributed by atoms with van der Waals surface area (Å²) >= 11 is 0. The molecule has 15 heavy (non-hydrogen) atoms. The summed E-state index contributed by atoms with van der Waals surface area (Å²) in [5, 5.41) is 16.7. The Morgan fingerprint density at radius 2 is 2.40 bits per heavy atom. The van der Waals surface area contributed by atoms with Crippen molar-refractivity contribution < 1.29 is 9.90 Å². The van der Waals surface area contributed by atoms with E-state index in [2.05, 4.69) is 10.2 Å². The van der Waals surface area contributed by atoms with Gasteiger partial charge in [0.2, 0.25) is 0 Å². The Bertz CT molecular complexity index is 351. The average Bonchev–Trinajstić information content (AvgIpc) is 3.04. The first-order valence-electron chi connectivity index (χ1n) is 4.99. The lowest BCUT2D eigenvalue weighted by Gasteiger charge is -2.26. The normalized spacial score (nSPS) is 17.1. The number of carboxylic acid groups (broad SMARTS) is 1. The summed E-state index contributed by atoms with van der Waals surface area (Å²) in [6, 6.07) is 3.33. The van der Waals surface area contributed by atoms with E-state index in [-0.39, 0.29) is 0 Å². The maximum Gasteiger partial charge on any atom is 0.326 e. The highest BCUT2D eigenvalue weighted by Crippen LogP contribution is 2.31. The van der Waals surface area contributed by atoms with Crippen molar-refractivity contribution in [3.05, 3.63) is 18.3 Å². The second-order valence-electron chi connectivity index (χ2n) is 3.73. The van der Waals surface area contributed by atoms with Crippen LogP contribution in [-0.4, -0.2) is 33.4 Å². The van der Waals surface area contributed by atoms with Gasteiger partial charge >= 0.3 is 5.97 Å². The summed E-state index contributed by atoms with van der Waals surface area (Å²) in [5.74, 6) is -0.178. The SMILES string of the molecule is CC(C(=O)O)N(c1cccnn1)C1CC1. The minimum atomic E-state index is -0.826. The lowest BCUT2D eigenvalue weighted by molar-refractivity contribution is -0.138. The Labute approximate surface area is 87.7 Å². The number of aromatic nitrogens is 2. The fourth-order valence-corrected chi connectivity index (χ4v) is 1.60. The number of anilines is 1. The Morgan fingerprint density at radius 1 is 1.67 bits per heavy atom. The average molecular weight is 207 g/mol. The van der Waals surface area contributed by atoms with Gasteiger partial charge in [0.15, 0.2) is 5.82 Å². The maximum absolute atomic E-state index is 11.0. The van der Waals surface area contributed by atoms with Gasteiger partial charge in [-0.2, -0.15) is 5.10 Å². The second-order valence-corrected chi connectivity index (χ2v) is 3.73. The highest BCUT2D eigenvalue weighted by molar-refractivity contribution is 5.77. The minimum absolute atomic E-state index is 0.313. The van der Waals surface area contributed by atoms with Crippen LogP contribution in [0.5, 0.6) is 0 Å². The quantitative estimate of drug-likeness (QED) is 0.795. The summed E-state index contributed by atoms with van der Waals surface area (Å²) < 4.78 is 0. The van der Waals surface area contributed by atoms with Crippen molar-refractivity contribution in [2.24, 2.45) is 0 Å². The molecule has 0 aromatic carbocycles. The molecule has 5 nitrogen and oxygen atoms in total. The summed E-state index contributed by atoms with van der Waals surface area (Å²) in [7, 11) is 0. The zero-order valence-electron chi connectivity index (χ0n) is 8.50. The van der Waals surface area contributed by atoms with E-state index >= 15 is 0 Å². The van der Waals surface area contributed by atoms with E-state index in [0.29, 0.717) is 11.9 Å². The standard InChI is InChI=1S/C10H13N3O2/c1-7(10(14)15)13(8-4-5-8)9-3-2-6-11-12-9/h2-3,6-8H,4-5H2,1H3,(H,14,15). The van der Waals surface area contributed by atoms with Crippen molar-refractivity contribution in [2.75, 3.05) is 4.90 Å². The molecule has 1 aliphatic rings. The Kier molecular flexibility index (Phi) is 2.53. The monoisotopic (exact) mass is 207 g/mol. The van der Waals surface area contributed by atoms with Crippen LogP contribution in [0.1, 0.15) is 19.8 Å². The van der Waals surface area contributed by atoms with Crippen molar-refractivity contribution in [3.63, 3.8) is 0 Å². The second kappa shape index (κ2) is 3.84. The molecule has 1 unspecified atom stereocenters. The first-order valence-corrected chi connectivity index (χ1v) is 4.99. The predicted molar refractivity (Wildman–Crippen MR) is 54.6 cm³/mol. The topological polar surface area (TPSA) is 66.3 Å². The molecule has 2 rings (SSSR count). The lowest BCUT2D eigenvalue weighted by atomic mass is 10.2. The predicted octanol–water partition coefficient (Wildman–Crippen LogP) is 0.919. The molecule has 0 bridgehead atoms. The Hall–Kier alpha value is -1.65. The zero-order valence-corrected chi connectivity index (χ0v) is 8.50. The Morgan fingerprint density at radius 3 is 2.87 bits per heavy atom. The first-order chi connectivity index (χ1) is 7.20. The van der Waals surface area contributed by atoms with Crippen molar-refractivity contribution >= 4 is 11.8 Å². The molecule has 0 spiro atoms. The van der Waals surface area contributed by atoms with Crippen LogP contribution in [0.3, 0.4) is 0 Å². The Balaban J connectivity index is 2.24. The molecule has 0 amide bonds. The van der Waals surface area contributed by atoms with Crippen LogP contribution in [0.2, 0.25) is 0 Å². The van der Waals surface area contributed by atoms with Gasteiger partial charge in [0, 0.05) is 12.2 Å². The molecule has 1 N–H and O–H groups in total. The number of hydrogen-bond acceptors (Lipinski definition) is 4. The van der Waals surface area contributed by atoms with Gasteiger partial charge in [0.1, 0.15) is 6.04 Å². The van der Waals surface area contributed by atoms with Gasteiger partial charge in [-0.3, -0.25) is 0 Å². The smallest absolute Gasteiger partial charge is 0.326 e. The number of carboxylic acids is 1. The third kappa shape index (κ3) is 2.06. The number of aliphatic carboxylic acids is 1. The van der Waals surface area contributed by atoms with Crippen LogP contribution in [0.4, 0.5) is 5.82 Å². The molecule has 0 saturated heterocycles. The van der Waals surface area contributed by atoms with Gasteiger partial charge in [0.05, 0.1) is 0 Å². The van der Waals surface area contributed by atoms with E-state index in [9.17, 15) is 4.79 Å². The molecule has 1 heterocycles. The molecular weight excluding hydrogens is 194 g/mol. The maximum atomic E-state index is 11.0. The zero-order chi connectivity index (χ0) is 10.8. The van der Waals surface area contributed by atoms with Crippen LogP contribution >= 0.6 is 0 Å². The van der Waals surface area contributed by atoms with E-state index in [0.717, 1.165) is 12.8 Å². The number of carbonyl (C=O) groups is 1. The van der Waals surface area contributed by atoms with Crippen LogP contribution in [0.15, 0.2) is 18.3 Å². The molecular formula is C10H13N3O2. The molecule has 1 aromatic heterocycles. The van der Waals surface area contributed by atoms with Crippen molar-refractivity contribution in [1.29, 1.82) is 0 Å². The van der Waals surface area contributed by atoms with Gasteiger partial charge in [-0.15, -0.1) is 5.10 Å². The van der Waals surface area contributed by atoms with Crippen molar-refractivity contribution in [1.82, 2.24) is 10.2 Å². The fourth-order valence-electron chi connectivity index (χ4n) is 1.60. The molecule has 1 aliphatic carbocycles. The minimum Gasteiger partial charge on any atom is -0.480 e. The van der Waals surface area contributed by atoms with E-state index in [1.165, 1.54) is 0 Å². The van der Waals surface area contributed by atoms with Crippen LogP contribution in [0, 0.1) is 0 Å². The van der Waals surface area contributed by atoms with Gasteiger partial charge in [-0.05, 0) is 31.9 Å². The van der Waals surface area contributed by atoms with E-state index in [1.807, 2.05) is 4.90 Å². The molecule has 1 atom stereocenters. The highest BCUT2D eigenvalue weighted by atomic mass is 16.4.